The van der Waals surface area contributed by atoms with Crippen molar-refractivity contribution in [3.63, 3.8) is 0 Å². The van der Waals surface area contributed by atoms with Crippen molar-refractivity contribution in [2.45, 2.75) is 26.3 Å². The van der Waals surface area contributed by atoms with Gasteiger partial charge in [-0.1, -0.05) is 31.2 Å². The van der Waals surface area contributed by atoms with Gasteiger partial charge in [0.05, 0.1) is 6.04 Å². The molecule has 2 aromatic rings. The third-order valence-electron chi connectivity index (χ3n) is 3.64. The zero-order valence-electron chi connectivity index (χ0n) is 13.7. The Morgan fingerprint density at radius 3 is 2.54 bits per heavy atom. The molecule has 24 heavy (non-hydrogen) atoms. The van der Waals surface area contributed by atoms with Crippen LogP contribution in [0.1, 0.15) is 41.4 Å². The molecule has 6 nitrogen and oxygen atoms in total. The van der Waals surface area contributed by atoms with Crippen LogP contribution in [0, 0.1) is 0 Å². The highest BCUT2D eigenvalue weighted by Gasteiger charge is 2.15. The van der Waals surface area contributed by atoms with Crippen LogP contribution in [0.4, 0.5) is 0 Å². The predicted molar refractivity (Wildman–Crippen MR) is 89.7 cm³/mol. The van der Waals surface area contributed by atoms with Gasteiger partial charge in [-0.2, -0.15) is 0 Å². The van der Waals surface area contributed by atoms with E-state index in [-0.39, 0.29) is 11.6 Å². The first kappa shape index (κ1) is 17.5. The SMILES string of the molecule is CCc1ccc([C@H](C)NC(=O)COC(=O)c2ccc[nH]c2=O)cc1. The van der Waals surface area contributed by atoms with Gasteiger partial charge in [-0.15, -0.1) is 0 Å². The Bertz CT molecular complexity index is 765. The topological polar surface area (TPSA) is 88.3 Å². The molecule has 6 heteroatoms. The van der Waals surface area contributed by atoms with Crippen LogP contribution in [0.5, 0.6) is 0 Å². The molecule has 0 spiro atoms. The molecule has 1 atom stereocenters. The first-order valence-corrected chi connectivity index (χ1v) is 7.74. The van der Waals surface area contributed by atoms with E-state index in [1.165, 1.54) is 23.9 Å². The van der Waals surface area contributed by atoms with Crippen molar-refractivity contribution >= 4 is 11.9 Å². The standard InChI is InChI=1S/C18H20N2O4/c1-3-13-6-8-14(9-7-13)12(2)20-16(21)11-24-18(23)15-5-4-10-19-17(15)22/h4-10,12H,3,11H2,1-2H3,(H,19,22)(H,20,21)/t12-/m0/s1. The number of hydrogen-bond acceptors (Lipinski definition) is 4. The van der Waals surface area contributed by atoms with E-state index in [4.69, 9.17) is 4.74 Å². The summed E-state index contributed by atoms with van der Waals surface area (Å²) in [5.41, 5.74) is 1.51. The number of amides is 1. The number of aryl methyl sites for hydroxylation is 1. The monoisotopic (exact) mass is 328 g/mol. The number of nitrogens with one attached hydrogen (secondary N) is 2. The third kappa shape index (κ3) is 4.55. The number of hydrogen-bond donors (Lipinski definition) is 2. The molecule has 0 fully saturated rings. The van der Waals surface area contributed by atoms with Gasteiger partial charge in [-0.05, 0) is 36.6 Å². The summed E-state index contributed by atoms with van der Waals surface area (Å²) in [7, 11) is 0. The maximum atomic E-state index is 11.9. The number of esters is 1. The molecule has 1 aromatic carbocycles. The van der Waals surface area contributed by atoms with Crippen LogP contribution >= 0.6 is 0 Å². The number of aromatic nitrogens is 1. The molecule has 126 valence electrons. The lowest BCUT2D eigenvalue weighted by atomic mass is 10.1. The molecule has 0 radical (unpaired) electrons. The first-order chi connectivity index (χ1) is 11.5. The summed E-state index contributed by atoms with van der Waals surface area (Å²) in [5.74, 6) is -1.25. The van der Waals surface area contributed by atoms with Crippen LogP contribution in [-0.4, -0.2) is 23.5 Å². The van der Waals surface area contributed by atoms with Crippen molar-refractivity contribution < 1.29 is 14.3 Å². The summed E-state index contributed by atoms with van der Waals surface area (Å²) >= 11 is 0. The van der Waals surface area contributed by atoms with Gasteiger partial charge in [0.2, 0.25) is 0 Å². The van der Waals surface area contributed by atoms with Gasteiger partial charge in [-0.3, -0.25) is 9.59 Å². The Kier molecular flexibility index (Phi) is 5.89. The molecular formula is C18H20N2O4. The number of ether oxygens (including phenoxy) is 1. The largest absolute Gasteiger partial charge is 0.452 e. The number of rotatable bonds is 6. The second kappa shape index (κ2) is 8.10. The maximum absolute atomic E-state index is 11.9. The third-order valence-corrected chi connectivity index (χ3v) is 3.64. The van der Waals surface area contributed by atoms with Crippen molar-refractivity contribution in [2.24, 2.45) is 0 Å². The molecule has 0 bridgehead atoms. The molecule has 0 aliphatic rings. The smallest absolute Gasteiger partial charge is 0.344 e. The summed E-state index contributed by atoms with van der Waals surface area (Å²) in [6, 6.07) is 10.6. The number of H-pyrrole nitrogens is 1. The fraction of sp³-hybridized carbons (Fsp3) is 0.278. The number of carbonyl (C=O) groups is 2. The molecule has 2 N–H and O–H groups in total. The van der Waals surface area contributed by atoms with Crippen molar-refractivity contribution in [1.29, 1.82) is 0 Å². The summed E-state index contributed by atoms with van der Waals surface area (Å²) in [6.45, 7) is 3.49. The van der Waals surface area contributed by atoms with E-state index in [0.29, 0.717) is 0 Å². The van der Waals surface area contributed by atoms with E-state index in [1.807, 2.05) is 31.2 Å². The number of benzene rings is 1. The van der Waals surface area contributed by atoms with Crippen molar-refractivity contribution in [3.05, 3.63) is 69.6 Å². The quantitative estimate of drug-likeness (QED) is 0.794. The van der Waals surface area contributed by atoms with E-state index in [2.05, 4.69) is 17.2 Å². The Morgan fingerprint density at radius 1 is 1.21 bits per heavy atom. The Hall–Kier alpha value is -2.89. The van der Waals surface area contributed by atoms with E-state index < -0.39 is 24.0 Å². The van der Waals surface area contributed by atoms with Crippen molar-refractivity contribution in [3.8, 4) is 0 Å². The molecule has 0 aliphatic carbocycles. The van der Waals surface area contributed by atoms with Crippen LogP contribution in [0.15, 0.2) is 47.4 Å². The number of pyridine rings is 1. The molecule has 0 aliphatic heterocycles. The van der Waals surface area contributed by atoms with E-state index in [0.717, 1.165) is 12.0 Å². The Morgan fingerprint density at radius 2 is 1.92 bits per heavy atom. The zero-order chi connectivity index (χ0) is 17.5. The van der Waals surface area contributed by atoms with Gasteiger partial charge in [0.1, 0.15) is 5.56 Å². The fourth-order valence-electron chi connectivity index (χ4n) is 2.20. The van der Waals surface area contributed by atoms with Crippen LogP contribution in [-0.2, 0) is 16.0 Å². The summed E-state index contributed by atoms with van der Waals surface area (Å²) < 4.78 is 4.87. The molecule has 2 rings (SSSR count). The minimum absolute atomic E-state index is 0.131. The van der Waals surface area contributed by atoms with Crippen LogP contribution in [0.2, 0.25) is 0 Å². The second-order valence-corrected chi connectivity index (χ2v) is 5.37. The number of carbonyl (C=O) groups excluding carboxylic acids is 2. The summed E-state index contributed by atoms with van der Waals surface area (Å²) in [5, 5.41) is 2.75. The van der Waals surface area contributed by atoms with Crippen LogP contribution in [0.3, 0.4) is 0 Å². The van der Waals surface area contributed by atoms with Gasteiger partial charge >= 0.3 is 5.97 Å². The molecule has 0 saturated carbocycles. The molecule has 1 heterocycles. The van der Waals surface area contributed by atoms with Gasteiger partial charge in [0.15, 0.2) is 6.61 Å². The minimum Gasteiger partial charge on any atom is -0.452 e. The summed E-state index contributed by atoms with van der Waals surface area (Å²) in [6.07, 6.45) is 2.37. The van der Waals surface area contributed by atoms with Crippen LogP contribution in [0.25, 0.3) is 0 Å². The van der Waals surface area contributed by atoms with Gasteiger partial charge < -0.3 is 15.0 Å². The minimum atomic E-state index is -0.827. The molecule has 0 unspecified atom stereocenters. The second-order valence-electron chi connectivity index (χ2n) is 5.37. The average Bonchev–Trinajstić information content (AvgIpc) is 2.60. The maximum Gasteiger partial charge on any atom is 0.344 e. The fourth-order valence-corrected chi connectivity index (χ4v) is 2.20. The number of aromatic amines is 1. The van der Waals surface area contributed by atoms with Crippen molar-refractivity contribution in [2.75, 3.05) is 6.61 Å². The first-order valence-electron chi connectivity index (χ1n) is 7.74. The summed E-state index contributed by atoms with van der Waals surface area (Å²) in [4.78, 5) is 37.5. The Labute approximate surface area is 139 Å². The Balaban J connectivity index is 1.87. The normalized spacial score (nSPS) is 11.6. The molecular weight excluding hydrogens is 308 g/mol. The molecule has 1 amide bonds. The van der Waals surface area contributed by atoms with Crippen LogP contribution < -0.4 is 10.9 Å². The van der Waals surface area contributed by atoms with E-state index in [1.54, 1.807) is 0 Å². The van der Waals surface area contributed by atoms with Gasteiger partial charge in [0, 0.05) is 6.20 Å². The van der Waals surface area contributed by atoms with Crippen molar-refractivity contribution in [1.82, 2.24) is 10.3 Å². The highest BCUT2D eigenvalue weighted by molar-refractivity contribution is 5.90. The highest BCUT2D eigenvalue weighted by atomic mass is 16.5. The van der Waals surface area contributed by atoms with Gasteiger partial charge in [0.25, 0.3) is 11.5 Å². The molecule has 1 aromatic heterocycles. The van der Waals surface area contributed by atoms with E-state index >= 15 is 0 Å². The zero-order valence-corrected chi connectivity index (χ0v) is 13.7. The van der Waals surface area contributed by atoms with E-state index in [9.17, 15) is 14.4 Å². The lowest BCUT2D eigenvalue weighted by Crippen LogP contribution is -2.31. The lowest BCUT2D eigenvalue weighted by Gasteiger charge is -2.14. The predicted octanol–water partition coefficient (Wildman–Crippen LogP) is 1.97. The molecule has 0 saturated heterocycles. The van der Waals surface area contributed by atoms with Gasteiger partial charge in [-0.25, -0.2) is 4.79 Å². The average molecular weight is 328 g/mol. The highest BCUT2D eigenvalue weighted by Crippen LogP contribution is 2.13. The lowest BCUT2D eigenvalue weighted by molar-refractivity contribution is -0.124.